The average molecular weight is 238 g/mol. The first-order valence-electron chi connectivity index (χ1n) is 7.14. The highest BCUT2D eigenvalue weighted by molar-refractivity contribution is 5.78. The highest BCUT2D eigenvalue weighted by Crippen LogP contribution is 2.31. The smallest absolute Gasteiger partial charge is 0.222 e. The zero-order valence-corrected chi connectivity index (χ0v) is 11.4. The van der Waals surface area contributed by atoms with E-state index in [0.717, 1.165) is 24.9 Å². The molecule has 3 heteroatoms. The van der Waals surface area contributed by atoms with E-state index in [1.165, 1.54) is 25.8 Å². The van der Waals surface area contributed by atoms with Crippen LogP contribution in [0.15, 0.2) is 0 Å². The number of likely N-dealkylation sites (tertiary alicyclic amines) is 1. The Labute approximate surface area is 105 Å². The maximum Gasteiger partial charge on any atom is 0.222 e. The molecule has 1 amide bonds. The highest BCUT2D eigenvalue weighted by atomic mass is 16.1. The Morgan fingerprint density at radius 1 is 1.35 bits per heavy atom. The van der Waals surface area contributed by atoms with E-state index in [4.69, 9.17) is 0 Å². The molecule has 2 atom stereocenters. The molecule has 0 aromatic rings. The van der Waals surface area contributed by atoms with Gasteiger partial charge >= 0.3 is 0 Å². The zero-order valence-electron chi connectivity index (χ0n) is 11.4. The van der Waals surface area contributed by atoms with Crippen LogP contribution in [0.25, 0.3) is 0 Å². The van der Waals surface area contributed by atoms with E-state index < -0.39 is 0 Å². The molecule has 2 unspecified atom stereocenters. The van der Waals surface area contributed by atoms with Gasteiger partial charge in [0.15, 0.2) is 0 Å². The SMILES string of the molecule is CCC1CC(NC(=O)C(C)C)CN(C2CC2)C1. The standard InChI is InChI=1S/C14H26N2O/c1-4-11-7-12(15-14(17)10(2)3)9-16(8-11)13-5-6-13/h10-13H,4-9H2,1-3H3,(H,15,17). The minimum Gasteiger partial charge on any atom is -0.352 e. The van der Waals surface area contributed by atoms with Crippen LogP contribution in [0.4, 0.5) is 0 Å². The second-order valence-corrected chi connectivity index (χ2v) is 6.06. The van der Waals surface area contributed by atoms with Crippen LogP contribution in [-0.4, -0.2) is 36.0 Å². The van der Waals surface area contributed by atoms with Crippen LogP contribution in [0, 0.1) is 11.8 Å². The summed E-state index contributed by atoms with van der Waals surface area (Å²) in [5.41, 5.74) is 0. The van der Waals surface area contributed by atoms with Gasteiger partial charge in [-0.05, 0) is 25.2 Å². The summed E-state index contributed by atoms with van der Waals surface area (Å²) in [6.45, 7) is 8.51. The Hall–Kier alpha value is -0.570. The third-order valence-corrected chi connectivity index (χ3v) is 4.08. The molecule has 0 bridgehead atoms. The molecule has 98 valence electrons. The van der Waals surface area contributed by atoms with Gasteiger partial charge in [-0.25, -0.2) is 0 Å². The number of nitrogens with one attached hydrogen (secondary N) is 1. The maximum absolute atomic E-state index is 11.8. The maximum atomic E-state index is 11.8. The zero-order chi connectivity index (χ0) is 12.4. The molecular formula is C14H26N2O. The molecule has 17 heavy (non-hydrogen) atoms. The number of hydrogen-bond donors (Lipinski definition) is 1. The molecule has 0 aromatic carbocycles. The van der Waals surface area contributed by atoms with Crippen molar-refractivity contribution in [2.24, 2.45) is 11.8 Å². The second-order valence-electron chi connectivity index (χ2n) is 6.06. The van der Waals surface area contributed by atoms with Crippen molar-refractivity contribution in [3.05, 3.63) is 0 Å². The van der Waals surface area contributed by atoms with Gasteiger partial charge in [0, 0.05) is 31.1 Å². The Morgan fingerprint density at radius 2 is 2.06 bits per heavy atom. The van der Waals surface area contributed by atoms with E-state index in [9.17, 15) is 4.79 Å². The monoisotopic (exact) mass is 238 g/mol. The minimum absolute atomic E-state index is 0.103. The van der Waals surface area contributed by atoms with Crippen LogP contribution in [0.5, 0.6) is 0 Å². The molecule has 2 fully saturated rings. The lowest BCUT2D eigenvalue weighted by molar-refractivity contribution is -0.125. The molecule has 0 radical (unpaired) electrons. The number of carbonyl (C=O) groups is 1. The molecule has 1 N–H and O–H groups in total. The average Bonchev–Trinajstić information content (AvgIpc) is 3.12. The van der Waals surface area contributed by atoms with Gasteiger partial charge in [0.25, 0.3) is 0 Å². The van der Waals surface area contributed by atoms with Crippen molar-refractivity contribution < 1.29 is 4.79 Å². The van der Waals surface area contributed by atoms with Gasteiger partial charge in [0.1, 0.15) is 0 Å². The van der Waals surface area contributed by atoms with Crippen molar-refractivity contribution in [1.82, 2.24) is 10.2 Å². The topological polar surface area (TPSA) is 32.3 Å². The van der Waals surface area contributed by atoms with Gasteiger partial charge in [0.2, 0.25) is 5.91 Å². The fourth-order valence-electron chi connectivity index (χ4n) is 2.75. The van der Waals surface area contributed by atoms with Gasteiger partial charge in [-0.3, -0.25) is 9.69 Å². The van der Waals surface area contributed by atoms with E-state index in [1.807, 2.05) is 13.8 Å². The van der Waals surface area contributed by atoms with Crippen molar-refractivity contribution in [1.29, 1.82) is 0 Å². The van der Waals surface area contributed by atoms with Gasteiger partial charge < -0.3 is 5.32 Å². The second kappa shape index (κ2) is 5.38. The van der Waals surface area contributed by atoms with Crippen molar-refractivity contribution in [2.75, 3.05) is 13.1 Å². The first-order chi connectivity index (χ1) is 8.10. The van der Waals surface area contributed by atoms with Crippen molar-refractivity contribution in [2.45, 2.75) is 58.5 Å². The number of piperidine rings is 1. The Balaban J connectivity index is 1.89. The van der Waals surface area contributed by atoms with Gasteiger partial charge in [-0.15, -0.1) is 0 Å². The van der Waals surface area contributed by atoms with E-state index in [-0.39, 0.29) is 11.8 Å². The summed E-state index contributed by atoms with van der Waals surface area (Å²) in [5, 5.41) is 3.21. The summed E-state index contributed by atoms with van der Waals surface area (Å²) in [7, 11) is 0. The number of carbonyl (C=O) groups excluding carboxylic acids is 1. The summed E-state index contributed by atoms with van der Waals surface area (Å²) in [5.74, 6) is 1.08. The first kappa shape index (κ1) is 12.9. The summed E-state index contributed by atoms with van der Waals surface area (Å²) < 4.78 is 0. The van der Waals surface area contributed by atoms with Crippen molar-refractivity contribution >= 4 is 5.91 Å². The van der Waals surface area contributed by atoms with E-state index in [0.29, 0.717) is 6.04 Å². The number of hydrogen-bond acceptors (Lipinski definition) is 2. The Morgan fingerprint density at radius 3 is 2.59 bits per heavy atom. The molecular weight excluding hydrogens is 212 g/mol. The highest BCUT2D eigenvalue weighted by Gasteiger charge is 2.36. The third kappa shape index (κ3) is 3.44. The third-order valence-electron chi connectivity index (χ3n) is 4.08. The number of nitrogens with zero attached hydrogens (tertiary/aromatic N) is 1. The molecule has 1 saturated heterocycles. The van der Waals surface area contributed by atoms with E-state index in [2.05, 4.69) is 17.1 Å². The normalized spacial score (nSPS) is 30.6. The van der Waals surface area contributed by atoms with E-state index >= 15 is 0 Å². The molecule has 1 saturated carbocycles. The first-order valence-corrected chi connectivity index (χ1v) is 7.14. The van der Waals surface area contributed by atoms with Crippen LogP contribution in [0.1, 0.15) is 46.5 Å². The van der Waals surface area contributed by atoms with E-state index in [1.54, 1.807) is 0 Å². The van der Waals surface area contributed by atoms with Gasteiger partial charge in [-0.1, -0.05) is 27.2 Å². The molecule has 1 aliphatic carbocycles. The van der Waals surface area contributed by atoms with Crippen molar-refractivity contribution in [3.8, 4) is 0 Å². The fourth-order valence-corrected chi connectivity index (χ4v) is 2.75. The molecule has 2 rings (SSSR count). The summed E-state index contributed by atoms with van der Waals surface area (Å²) in [4.78, 5) is 14.4. The Bertz CT molecular complexity index is 273. The summed E-state index contributed by atoms with van der Waals surface area (Å²) >= 11 is 0. The molecule has 1 heterocycles. The minimum atomic E-state index is 0.103. The lowest BCUT2D eigenvalue weighted by atomic mass is 9.91. The van der Waals surface area contributed by atoms with Crippen LogP contribution in [0.2, 0.25) is 0 Å². The van der Waals surface area contributed by atoms with Crippen LogP contribution in [0.3, 0.4) is 0 Å². The van der Waals surface area contributed by atoms with Crippen LogP contribution >= 0.6 is 0 Å². The lowest BCUT2D eigenvalue weighted by Crippen LogP contribution is -2.52. The lowest BCUT2D eigenvalue weighted by Gasteiger charge is -2.38. The molecule has 0 spiro atoms. The van der Waals surface area contributed by atoms with Crippen LogP contribution < -0.4 is 5.32 Å². The number of amides is 1. The number of rotatable bonds is 4. The fraction of sp³-hybridized carbons (Fsp3) is 0.929. The largest absolute Gasteiger partial charge is 0.352 e. The predicted octanol–water partition coefficient (Wildman–Crippen LogP) is 2.02. The molecule has 1 aliphatic heterocycles. The molecule has 3 nitrogen and oxygen atoms in total. The summed E-state index contributed by atoms with van der Waals surface area (Å²) in [6.07, 6.45) is 5.12. The van der Waals surface area contributed by atoms with Crippen LogP contribution in [-0.2, 0) is 4.79 Å². The van der Waals surface area contributed by atoms with Gasteiger partial charge in [0.05, 0.1) is 0 Å². The van der Waals surface area contributed by atoms with Crippen molar-refractivity contribution in [3.63, 3.8) is 0 Å². The Kier molecular flexibility index (Phi) is 4.08. The molecule has 2 aliphatic rings. The van der Waals surface area contributed by atoms with Gasteiger partial charge in [-0.2, -0.15) is 0 Å². The molecule has 0 aromatic heterocycles. The summed E-state index contributed by atoms with van der Waals surface area (Å²) in [6, 6.07) is 1.20. The predicted molar refractivity (Wildman–Crippen MR) is 69.8 cm³/mol. The quantitative estimate of drug-likeness (QED) is 0.812.